The summed E-state index contributed by atoms with van der Waals surface area (Å²) < 4.78 is 27.2. The van der Waals surface area contributed by atoms with Crippen molar-refractivity contribution in [2.75, 3.05) is 26.2 Å². The first-order valence-corrected chi connectivity index (χ1v) is 10.8. The van der Waals surface area contributed by atoms with Gasteiger partial charge in [0.15, 0.2) is 0 Å². The van der Waals surface area contributed by atoms with Gasteiger partial charge in [0.05, 0.1) is 4.90 Å². The third-order valence-electron chi connectivity index (χ3n) is 5.40. The maximum Gasteiger partial charge on any atom is 0.243 e. The Hall–Kier alpha value is -1.40. The number of aryl methyl sites for hydroxylation is 1. The summed E-state index contributed by atoms with van der Waals surface area (Å²) in [7, 11) is -3.48. The van der Waals surface area contributed by atoms with Crippen molar-refractivity contribution in [1.29, 1.82) is 0 Å². The lowest BCUT2D eigenvalue weighted by molar-refractivity contribution is -0.132. The van der Waals surface area contributed by atoms with Crippen LogP contribution >= 0.6 is 0 Å². The maximum atomic E-state index is 12.8. The Kier molecular flexibility index (Phi) is 5.79. The molecule has 1 aromatic carbocycles. The van der Waals surface area contributed by atoms with Crippen LogP contribution in [0.1, 0.15) is 44.1 Å². The van der Waals surface area contributed by atoms with Crippen molar-refractivity contribution in [1.82, 2.24) is 9.21 Å². The zero-order valence-corrected chi connectivity index (χ0v) is 15.8. The quantitative estimate of drug-likeness (QED) is 0.825. The van der Waals surface area contributed by atoms with Gasteiger partial charge in [0.2, 0.25) is 15.9 Å². The molecule has 5 nitrogen and oxygen atoms in total. The zero-order valence-electron chi connectivity index (χ0n) is 15.0. The standard InChI is InChI=1S/C19H28N2O3S/c1-16-7-9-18(10-8-16)25(23,24)21-12-4-11-20(13-14-21)19(22)15-17-5-2-3-6-17/h7-10,17H,2-6,11-15H2,1H3. The van der Waals surface area contributed by atoms with Crippen LogP contribution in [0.3, 0.4) is 0 Å². The first-order chi connectivity index (χ1) is 12.0. The van der Waals surface area contributed by atoms with Crippen molar-refractivity contribution in [2.24, 2.45) is 5.92 Å². The maximum absolute atomic E-state index is 12.8. The highest BCUT2D eigenvalue weighted by molar-refractivity contribution is 7.89. The normalized spacial score (nSPS) is 20.6. The van der Waals surface area contributed by atoms with E-state index >= 15 is 0 Å². The van der Waals surface area contributed by atoms with Crippen molar-refractivity contribution in [3.8, 4) is 0 Å². The molecule has 0 radical (unpaired) electrons. The van der Waals surface area contributed by atoms with Crippen LogP contribution in [0.25, 0.3) is 0 Å². The molecule has 1 amide bonds. The van der Waals surface area contributed by atoms with Crippen LogP contribution in [0.15, 0.2) is 29.2 Å². The minimum atomic E-state index is -3.48. The first-order valence-electron chi connectivity index (χ1n) is 9.31. The monoisotopic (exact) mass is 364 g/mol. The van der Waals surface area contributed by atoms with E-state index in [-0.39, 0.29) is 5.91 Å². The summed E-state index contributed by atoms with van der Waals surface area (Å²) >= 11 is 0. The summed E-state index contributed by atoms with van der Waals surface area (Å²) in [6.45, 7) is 3.95. The lowest BCUT2D eigenvalue weighted by Crippen LogP contribution is -2.37. The minimum absolute atomic E-state index is 0.196. The Morgan fingerprint density at radius 1 is 1.00 bits per heavy atom. The summed E-state index contributed by atoms with van der Waals surface area (Å²) in [4.78, 5) is 14.7. The van der Waals surface area contributed by atoms with E-state index < -0.39 is 10.0 Å². The Balaban J connectivity index is 1.62. The van der Waals surface area contributed by atoms with Crippen molar-refractivity contribution in [2.45, 2.75) is 50.3 Å². The lowest BCUT2D eigenvalue weighted by Gasteiger charge is -2.23. The van der Waals surface area contributed by atoms with E-state index in [9.17, 15) is 13.2 Å². The average molecular weight is 365 g/mol. The molecule has 1 saturated carbocycles. The van der Waals surface area contributed by atoms with E-state index in [1.165, 1.54) is 17.1 Å². The van der Waals surface area contributed by atoms with Gasteiger partial charge in [0.1, 0.15) is 0 Å². The lowest BCUT2D eigenvalue weighted by atomic mass is 10.0. The molecule has 0 unspecified atom stereocenters. The Morgan fingerprint density at radius 3 is 2.36 bits per heavy atom. The molecule has 0 aromatic heterocycles. The first kappa shape index (κ1) is 18.4. The van der Waals surface area contributed by atoms with Crippen LogP contribution in [-0.4, -0.2) is 49.7 Å². The highest BCUT2D eigenvalue weighted by Gasteiger charge is 2.29. The molecule has 1 heterocycles. The van der Waals surface area contributed by atoms with Gasteiger partial charge in [-0.15, -0.1) is 0 Å². The van der Waals surface area contributed by atoms with Crippen molar-refractivity contribution < 1.29 is 13.2 Å². The van der Waals surface area contributed by atoms with E-state index in [0.717, 1.165) is 18.4 Å². The number of amides is 1. The van der Waals surface area contributed by atoms with Gasteiger partial charge in [-0.2, -0.15) is 4.31 Å². The molecule has 25 heavy (non-hydrogen) atoms. The number of hydrogen-bond acceptors (Lipinski definition) is 3. The molecule has 3 rings (SSSR count). The highest BCUT2D eigenvalue weighted by Crippen LogP contribution is 2.28. The SMILES string of the molecule is Cc1ccc(S(=O)(=O)N2CCCN(C(=O)CC3CCCC3)CC2)cc1. The molecule has 0 spiro atoms. The average Bonchev–Trinajstić information content (AvgIpc) is 2.95. The van der Waals surface area contributed by atoms with Crippen molar-refractivity contribution in [3.05, 3.63) is 29.8 Å². The fourth-order valence-corrected chi connectivity index (χ4v) is 5.30. The van der Waals surface area contributed by atoms with Crippen LogP contribution in [-0.2, 0) is 14.8 Å². The van der Waals surface area contributed by atoms with E-state index in [0.29, 0.717) is 49.8 Å². The number of carbonyl (C=O) groups excluding carboxylic acids is 1. The van der Waals surface area contributed by atoms with E-state index in [1.807, 2.05) is 24.0 Å². The molecule has 0 N–H and O–H groups in total. The molecule has 138 valence electrons. The second kappa shape index (κ2) is 7.87. The predicted octanol–water partition coefficient (Wildman–Crippen LogP) is 2.80. The topological polar surface area (TPSA) is 57.7 Å². The van der Waals surface area contributed by atoms with Gasteiger partial charge >= 0.3 is 0 Å². The molecule has 1 aliphatic carbocycles. The molecular weight excluding hydrogens is 336 g/mol. The van der Waals surface area contributed by atoms with Gasteiger partial charge in [0.25, 0.3) is 0 Å². The van der Waals surface area contributed by atoms with Gasteiger partial charge in [0, 0.05) is 32.6 Å². The molecule has 0 bridgehead atoms. The summed E-state index contributed by atoms with van der Waals surface area (Å²) in [6, 6.07) is 6.97. The fraction of sp³-hybridized carbons (Fsp3) is 0.632. The summed E-state index contributed by atoms with van der Waals surface area (Å²) in [5, 5.41) is 0. The highest BCUT2D eigenvalue weighted by atomic mass is 32.2. The van der Waals surface area contributed by atoms with Gasteiger partial charge in [-0.1, -0.05) is 30.5 Å². The molecule has 0 atom stereocenters. The molecule has 1 aliphatic heterocycles. The number of sulfonamides is 1. The number of carbonyl (C=O) groups is 1. The third kappa shape index (κ3) is 4.42. The second-order valence-corrected chi connectivity index (χ2v) is 9.24. The van der Waals surface area contributed by atoms with Crippen molar-refractivity contribution in [3.63, 3.8) is 0 Å². The van der Waals surface area contributed by atoms with Crippen LogP contribution < -0.4 is 0 Å². The van der Waals surface area contributed by atoms with Crippen LogP contribution in [0.5, 0.6) is 0 Å². The number of hydrogen-bond donors (Lipinski definition) is 0. The molecule has 2 aliphatic rings. The molecule has 6 heteroatoms. The predicted molar refractivity (Wildman–Crippen MR) is 97.7 cm³/mol. The summed E-state index contributed by atoms with van der Waals surface area (Å²) in [5.74, 6) is 0.727. The second-order valence-electron chi connectivity index (χ2n) is 7.31. The van der Waals surface area contributed by atoms with E-state index in [2.05, 4.69) is 0 Å². The van der Waals surface area contributed by atoms with Crippen LogP contribution in [0, 0.1) is 12.8 Å². The Morgan fingerprint density at radius 2 is 1.68 bits per heavy atom. The van der Waals surface area contributed by atoms with Crippen LogP contribution in [0.2, 0.25) is 0 Å². The fourth-order valence-electron chi connectivity index (χ4n) is 3.83. The van der Waals surface area contributed by atoms with Gasteiger partial charge < -0.3 is 4.90 Å². The van der Waals surface area contributed by atoms with E-state index in [4.69, 9.17) is 0 Å². The van der Waals surface area contributed by atoms with E-state index in [1.54, 1.807) is 12.1 Å². The smallest absolute Gasteiger partial charge is 0.243 e. The Labute approximate surface area is 151 Å². The van der Waals surface area contributed by atoms with Crippen molar-refractivity contribution >= 4 is 15.9 Å². The Bertz CT molecular complexity index is 694. The number of benzene rings is 1. The van der Waals surface area contributed by atoms with Gasteiger partial charge in [-0.3, -0.25) is 4.79 Å². The number of rotatable bonds is 4. The number of nitrogens with zero attached hydrogens (tertiary/aromatic N) is 2. The summed E-state index contributed by atoms with van der Waals surface area (Å²) in [6.07, 6.45) is 6.12. The molecular formula is C19H28N2O3S. The van der Waals surface area contributed by atoms with Gasteiger partial charge in [-0.05, 0) is 44.2 Å². The minimum Gasteiger partial charge on any atom is -0.341 e. The molecule has 1 aromatic rings. The van der Waals surface area contributed by atoms with Gasteiger partial charge in [-0.25, -0.2) is 8.42 Å². The van der Waals surface area contributed by atoms with Crippen LogP contribution in [0.4, 0.5) is 0 Å². The third-order valence-corrected chi connectivity index (χ3v) is 7.32. The summed E-state index contributed by atoms with van der Waals surface area (Å²) in [5.41, 5.74) is 1.04. The largest absolute Gasteiger partial charge is 0.341 e. The molecule has 1 saturated heterocycles. The molecule has 2 fully saturated rings. The zero-order chi connectivity index (χ0) is 17.9.